The smallest absolute Gasteiger partial charge is 0.00132 e. The van der Waals surface area contributed by atoms with Crippen molar-refractivity contribution in [1.29, 1.82) is 0 Å². The maximum Gasteiger partial charge on any atom is 0.00132 e. The Labute approximate surface area is 77.7 Å². The van der Waals surface area contributed by atoms with Gasteiger partial charge in [-0.1, -0.05) is 34.1 Å². The fourth-order valence-corrected chi connectivity index (χ4v) is 1.77. The summed E-state index contributed by atoms with van der Waals surface area (Å²) in [5.74, 6) is 2.40. The Morgan fingerprint density at radius 1 is 1.08 bits per heavy atom. The molecule has 12 heavy (non-hydrogen) atoms. The van der Waals surface area contributed by atoms with Crippen LogP contribution in [0.4, 0.5) is 0 Å². The molecule has 0 aromatic rings. The normalized spacial score (nSPS) is 19.2. The van der Waals surface area contributed by atoms with E-state index in [1.54, 1.807) is 0 Å². The van der Waals surface area contributed by atoms with E-state index >= 15 is 0 Å². The molecule has 0 spiro atoms. The average molecular weight is 171 g/mol. The fourth-order valence-electron chi connectivity index (χ4n) is 1.77. The van der Waals surface area contributed by atoms with Crippen molar-refractivity contribution in [3.63, 3.8) is 0 Å². The second-order valence-electron chi connectivity index (χ2n) is 4.48. The molecule has 0 aromatic carbocycles. The third-order valence-electron chi connectivity index (χ3n) is 2.99. The van der Waals surface area contributed by atoms with Crippen molar-refractivity contribution >= 4 is 0 Å². The Morgan fingerprint density at radius 3 is 1.83 bits per heavy atom. The molecule has 74 valence electrons. The van der Waals surface area contributed by atoms with Gasteiger partial charge in [-0.15, -0.1) is 0 Å². The van der Waals surface area contributed by atoms with Gasteiger partial charge in [0.1, 0.15) is 0 Å². The van der Waals surface area contributed by atoms with Crippen molar-refractivity contribution in [3.8, 4) is 0 Å². The lowest BCUT2D eigenvalue weighted by atomic mass is 9.80. The lowest BCUT2D eigenvalue weighted by molar-refractivity contribution is 0.245. The quantitative estimate of drug-likeness (QED) is 0.676. The molecule has 0 radical (unpaired) electrons. The molecule has 0 saturated heterocycles. The van der Waals surface area contributed by atoms with Crippen LogP contribution < -0.4 is 5.73 Å². The Balaban J connectivity index is 3.96. The molecule has 0 saturated carbocycles. The van der Waals surface area contributed by atoms with Crippen LogP contribution in [0.25, 0.3) is 0 Å². The first-order chi connectivity index (χ1) is 5.49. The van der Waals surface area contributed by atoms with Gasteiger partial charge in [-0.05, 0) is 31.1 Å². The van der Waals surface area contributed by atoms with Gasteiger partial charge >= 0.3 is 0 Å². The van der Waals surface area contributed by atoms with E-state index in [0.717, 1.165) is 17.8 Å². The van der Waals surface area contributed by atoms with Gasteiger partial charge in [0.25, 0.3) is 0 Å². The van der Waals surface area contributed by atoms with Crippen LogP contribution in [-0.4, -0.2) is 6.04 Å². The number of hydrogen-bond acceptors (Lipinski definition) is 1. The highest BCUT2D eigenvalue weighted by Gasteiger charge is 2.19. The van der Waals surface area contributed by atoms with E-state index in [1.165, 1.54) is 12.8 Å². The average Bonchev–Trinajstić information content (AvgIpc) is 1.98. The van der Waals surface area contributed by atoms with E-state index in [-0.39, 0.29) is 0 Å². The molecule has 0 fully saturated rings. The maximum atomic E-state index is 5.81. The van der Waals surface area contributed by atoms with Gasteiger partial charge < -0.3 is 5.73 Å². The Hall–Kier alpha value is -0.0400. The highest BCUT2D eigenvalue weighted by molar-refractivity contribution is 4.71. The molecule has 0 bridgehead atoms. The molecule has 3 unspecified atom stereocenters. The molecule has 0 aliphatic carbocycles. The molecule has 0 aromatic heterocycles. The van der Waals surface area contributed by atoms with E-state index in [0.29, 0.717) is 6.04 Å². The predicted octanol–water partition coefficient (Wildman–Crippen LogP) is 3.04. The highest BCUT2D eigenvalue weighted by Crippen LogP contribution is 2.26. The zero-order valence-corrected chi connectivity index (χ0v) is 9.30. The molecule has 1 nitrogen and oxygen atoms in total. The van der Waals surface area contributed by atoms with Crippen LogP contribution >= 0.6 is 0 Å². The Bertz CT molecular complexity index is 108. The van der Waals surface area contributed by atoms with E-state index in [2.05, 4.69) is 34.6 Å². The first kappa shape index (κ1) is 12.0. The van der Waals surface area contributed by atoms with Crippen molar-refractivity contribution in [2.24, 2.45) is 23.5 Å². The summed E-state index contributed by atoms with van der Waals surface area (Å²) < 4.78 is 0. The molecule has 0 rings (SSSR count). The molecule has 1 heteroatoms. The summed E-state index contributed by atoms with van der Waals surface area (Å²) in [4.78, 5) is 0. The molecule has 0 aliphatic heterocycles. The van der Waals surface area contributed by atoms with Crippen LogP contribution in [0.1, 0.15) is 47.5 Å². The van der Waals surface area contributed by atoms with E-state index < -0.39 is 0 Å². The van der Waals surface area contributed by atoms with Crippen LogP contribution in [0.15, 0.2) is 0 Å². The summed E-state index contributed by atoms with van der Waals surface area (Å²) in [5, 5.41) is 0. The monoisotopic (exact) mass is 171 g/mol. The minimum absolute atomic E-state index is 0.358. The van der Waals surface area contributed by atoms with Crippen LogP contribution in [0.5, 0.6) is 0 Å². The zero-order valence-electron chi connectivity index (χ0n) is 9.30. The van der Waals surface area contributed by atoms with E-state index in [4.69, 9.17) is 5.73 Å². The van der Waals surface area contributed by atoms with Gasteiger partial charge in [0.05, 0.1) is 0 Å². The molecule has 0 heterocycles. The fraction of sp³-hybridized carbons (Fsp3) is 1.00. The third-order valence-corrected chi connectivity index (χ3v) is 2.99. The minimum atomic E-state index is 0.358. The molecular weight excluding hydrogens is 146 g/mol. The SMILES string of the molecule is CCC(CC(C)N)C(C)C(C)C. The summed E-state index contributed by atoms with van der Waals surface area (Å²) in [6.07, 6.45) is 2.44. The van der Waals surface area contributed by atoms with Gasteiger partial charge in [0.2, 0.25) is 0 Å². The first-order valence-electron chi connectivity index (χ1n) is 5.24. The predicted molar refractivity (Wildman–Crippen MR) is 56.0 cm³/mol. The van der Waals surface area contributed by atoms with Crippen molar-refractivity contribution in [2.45, 2.75) is 53.5 Å². The standard InChI is InChI=1S/C11H25N/c1-6-11(7-9(4)12)10(5)8(2)3/h8-11H,6-7,12H2,1-5H3. The highest BCUT2D eigenvalue weighted by atomic mass is 14.6. The molecule has 2 N–H and O–H groups in total. The lowest BCUT2D eigenvalue weighted by Crippen LogP contribution is -2.25. The zero-order chi connectivity index (χ0) is 9.72. The molecular formula is C11H25N. The number of nitrogens with two attached hydrogens (primary N) is 1. The third kappa shape index (κ3) is 4.10. The van der Waals surface area contributed by atoms with Crippen LogP contribution in [0.3, 0.4) is 0 Å². The number of rotatable bonds is 5. The van der Waals surface area contributed by atoms with Gasteiger partial charge in [-0.25, -0.2) is 0 Å². The topological polar surface area (TPSA) is 26.0 Å². The summed E-state index contributed by atoms with van der Waals surface area (Å²) in [7, 11) is 0. The van der Waals surface area contributed by atoms with Crippen molar-refractivity contribution < 1.29 is 0 Å². The number of hydrogen-bond donors (Lipinski definition) is 1. The summed E-state index contributed by atoms with van der Waals surface area (Å²) in [6, 6.07) is 0.358. The van der Waals surface area contributed by atoms with E-state index in [9.17, 15) is 0 Å². The van der Waals surface area contributed by atoms with E-state index in [1.807, 2.05) is 0 Å². The summed E-state index contributed by atoms with van der Waals surface area (Å²) >= 11 is 0. The van der Waals surface area contributed by atoms with Crippen molar-refractivity contribution in [3.05, 3.63) is 0 Å². The second-order valence-corrected chi connectivity index (χ2v) is 4.48. The van der Waals surface area contributed by atoms with Crippen molar-refractivity contribution in [2.75, 3.05) is 0 Å². The van der Waals surface area contributed by atoms with Crippen LogP contribution in [0, 0.1) is 17.8 Å². The first-order valence-corrected chi connectivity index (χ1v) is 5.24. The summed E-state index contributed by atoms with van der Waals surface area (Å²) in [6.45, 7) is 11.3. The Morgan fingerprint density at radius 2 is 1.58 bits per heavy atom. The minimum Gasteiger partial charge on any atom is -0.328 e. The van der Waals surface area contributed by atoms with Gasteiger partial charge in [-0.2, -0.15) is 0 Å². The van der Waals surface area contributed by atoms with Crippen LogP contribution in [0.2, 0.25) is 0 Å². The van der Waals surface area contributed by atoms with Gasteiger partial charge in [0, 0.05) is 6.04 Å². The second kappa shape index (κ2) is 5.58. The van der Waals surface area contributed by atoms with Gasteiger partial charge in [-0.3, -0.25) is 0 Å². The van der Waals surface area contributed by atoms with Gasteiger partial charge in [0.15, 0.2) is 0 Å². The Kier molecular flexibility index (Phi) is 5.56. The summed E-state index contributed by atoms with van der Waals surface area (Å²) in [5.41, 5.74) is 5.81. The van der Waals surface area contributed by atoms with Crippen LogP contribution in [-0.2, 0) is 0 Å². The maximum absolute atomic E-state index is 5.81. The lowest BCUT2D eigenvalue weighted by Gasteiger charge is -2.27. The molecule has 0 aliphatic rings. The largest absolute Gasteiger partial charge is 0.328 e. The van der Waals surface area contributed by atoms with Crippen molar-refractivity contribution in [1.82, 2.24) is 0 Å². The molecule has 0 amide bonds. The molecule has 3 atom stereocenters.